The van der Waals surface area contributed by atoms with Gasteiger partial charge >= 0.3 is 5.69 Å². The molecule has 1 aromatic carbocycles. The second-order valence-electron chi connectivity index (χ2n) is 4.73. The molecule has 0 fully saturated rings. The zero-order valence-electron chi connectivity index (χ0n) is 13.0. The number of furan rings is 1. The number of aromatic nitrogens is 2. The van der Waals surface area contributed by atoms with Crippen LogP contribution in [-0.2, 0) is 6.54 Å². The zero-order valence-corrected chi connectivity index (χ0v) is 14.6. The van der Waals surface area contributed by atoms with Gasteiger partial charge < -0.3 is 14.5 Å². The molecule has 10 heteroatoms. The van der Waals surface area contributed by atoms with Gasteiger partial charge in [-0.1, -0.05) is 35.2 Å². The minimum atomic E-state index is -0.454. The molecule has 1 N–H and O–H groups in total. The lowest BCUT2D eigenvalue weighted by Crippen LogP contribution is -2.02. The first-order valence-corrected chi connectivity index (χ1v) is 9.11. The van der Waals surface area contributed by atoms with Crippen molar-refractivity contribution in [2.45, 2.75) is 10.9 Å². The quantitative estimate of drug-likeness (QED) is 0.259. The number of para-hydroxylation sites is 2. The maximum Gasteiger partial charge on any atom is 0.310 e. The van der Waals surface area contributed by atoms with Gasteiger partial charge in [0.1, 0.15) is 5.76 Å². The fourth-order valence-electron chi connectivity index (χ4n) is 1.93. The molecule has 3 aromatic rings. The summed E-state index contributed by atoms with van der Waals surface area (Å²) in [5.41, 5.74) is -0.0344. The molecule has 0 radical (unpaired) electrons. The summed E-state index contributed by atoms with van der Waals surface area (Å²) >= 11 is 2.92. The Bertz CT molecular complexity index is 823. The largest absolute Gasteiger partial charge is 0.486 e. The van der Waals surface area contributed by atoms with Crippen LogP contribution in [0.4, 0.5) is 10.8 Å². The van der Waals surface area contributed by atoms with Gasteiger partial charge in [-0.2, -0.15) is 0 Å². The van der Waals surface area contributed by atoms with Gasteiger partial charge in [0.2, 0.25) is 5.13 Å². The molecular formula is C15H14N4O4S2. The molecule has 0 unspecified atom stereocenters. The molecule has 0 bridgehead atoms. The van der Waals surface area contributed by atoms with Crippen LogP contribution in [0.2, 0.25) is 0 Å². The minimum absolute atomic E-state index is 0.0344. The van der Waals surface area contributed by atoms with E-state index in [1.807, 2.05) is 12.1 Å². The molecule has 8 nitrogen and oxygen atoms in total. The van der Waals surface area contributed by atoms with Gasteiger partial charge in [0, 0.05) is 11.8 Å². The average Bonchev–Trinajstić information content (AvgIpc) is 3.29. The van der Waals surface area contributed by atoms with Crippen LogP contribution in [0.15, 0.2) is 51.4 Å². The molecule has 0 aliphatic heterocycles. The van der Waals surface area contributed by atoms with E-state index in [1.165, 1.54) is 29.2 Å². The number of nitrogens with zero attached hydrogens (tertiary/aromatic N) is 3. The van der Waals surface area contributed by atoms with Crippen LogP contribution < -0.4 is 10.1 Å². The van der Waals surface area contributed by atoms with Gasteiger partial charge in [-0.3, -0.25) is 10.1 Å². The van der Waals surface area contributed by atoms with Crippen LogP contribution in [0.3, 0.4) is 0 Å². The second-order valence-corrected chi connectivity index (χ2v) is 7.05. The van der Waals surface area contributed by atoms with Crippen molar-refractivity contribution < 1.29 is 14.1 Å². The molecule has 25 heavy (non-hydrogen) atoms. The standard InChI is InChI=1S/C15H14N4O4S2/c20-19(21)12-5-1-2-6-13(12)23-8-9-24-15-18-17-14(25-15)16-10-11-4-3-7-22-11/h1-7H,8-10H2,(H,16,17). The summed E-state index contributed by atoms with van der Waals surface area (Å²) in [6.45, 7) is 0.886. The number of nitro groups is 1. The third kappa shape index (κ3) is 4.94. The van der Waals surface area contributed by atoms with Crippen molar-refractivity contribution >= 4 is 33.9 Å². The number of nitrogens with one attached hydrogen (secondary N) is 1. The predicted octanol–water partition coefficient (Wildman–Crippen LogP) is 3.82. The van der Waals surface area contributed by atoms with Gasteiger partial charge in [-0.05, 0) is 18.2 Å². The number of benzene rings is 1. The molecule has 0 aliphatic carbocycles. The van der Waals surface area contributed by atoms with E-state index in [-0.39, 0.29) is 11.4 Å². The van der Waals surface area contributed by atoms with Gasteiger partial charge in [0.15, 0.2) is 10.1 Å². The highest BCUT2D eigenvalue weighted by molar-refractivity contribution is 8.01. The summed E-state index contributed by atoms with van der Waals surface area (Å²) in [6.07, 6.45) is 1.62. The summed E-state index contributed by atoms with van der Waals surface area (Å²) in [5, 5.41) is 22.9. The number of hydrogen-bond donors (Lipinski definition) is 1. The van der Waals surface area contributed by atoms with Gasteiger partial charge in [0.25, 0.3) is 0 Å². The van der Waals surface area contributed by atoms with E-state index in [4.69, 9.17) is 9.15 Å². The monoisotopic (exact) mass is 378 g/mol. The molecular weight excluding hydrogens is 364 g/mol. The van der Waals surface area contributed by atoms with Crippen molar-refractivity contribution in [3.8, 4) is 5.75 Å². The normalized spacial score (nSPS) is 10.6. The zero-order chi connectivity index (χ0) is 17.5. The first-order valence-electron chi connectivity index (χ1n) is 7.31. The smallest absolute Gasteiger partial charge is 0.310 e. The summed E-state index contributed by atoms with van der Waals surface area (Å²) < 4.78 is 11.5. The van der Waals surface area contributed by atoms with Crippen LogP contribution >= 0.6 is 23.1 Å². The number of anilines is 1. The minimum Gasteiger partial charge on any atom is -0.486 e. The highest BCUT2D eigenvalue weighted by atomic mass is 32.2. The van der Waals surface area contributed by atoms with E-state index in [0.717, 1.165) is 10.1 Å². The van der Waals surface area contributed by atoms with Crippen molar-refractivity contribution in [1.29, 1.82) is 0 Å². The molecule has 0 spiro atoms. The van der Waals surface area contributed by atoms with E-state index >= 15 is 0 Å². The maximum atomic E-state index is 10.9. The van der Waals surface area contributed by atoms with Crippen molar-refractivity contribution in [3.63, 3.8) is 0 Å². The Balaban J connectivity index is 1.43. The Labute approximate surface area is 151 Å². The fraction of sp³-hybridized carbons (Fsp3) is 0.200. The Kier molecular flexibility index (Phi) is 5.86. The molecule has 0 saturated heterocycles. The van der Waals surface area contributed by atoms with Crippen LogP contribution in [0.5, 0.6) is 5.75 Å². The van der Waals surface area contributed by atoms with Gasteiger partial charge in [-0.15, -0.1) is 10.2 Å². The fourth-order valence-corrected chi connectivity index (χ4v) is 3.56. The SMILES string of the molecule is O=[N+]([O-])c1ccccc1OCCSc1nnc(NCc2ccco2)s1. The van der Waals surface area contributed by atoms with Crippen molar-refractivity contribution in [1.82, 2.24) is 10.2 Å². The van der Waals surface area contributed by atoms with E-state index in [0.29, 0.717) is 24.0 Å². The lowest BCUT2D eigenvalue weighted by atomic mass is 10.3. The van der Waals surface area contributed by atoms with E-state index < -0.39 is 4.92 Å². The third-order valence-corrected chi connectivity index (χ3v) is 5.01. The number of nitro benzene ring substituents is 1. The molecule has 0 atom stereocenters. The highest BCUT2D eigenvalue weighted by Gasteiger charge is 2.13. The summed E-state index contributed by atoms with van der Waals surface area (Å²) in [6, 6.07) is 10.0. The molecule has 2 aromatic heterocycles. The molecule has 0 saturated carbocycles. The molecule has 0 aliphatic rings. The highest BCUT2D eigenvalue weighted by Crippen LogP contribution is 2.28. The Morgan fingerprint density at radius 3 is 2.96 bits per heavy atom. The third-order valence-electron chi connectivity index (χ3n) is 3.03. The first kappa shape index (κ1) is 17.2. The van der Waals surface area contributed by atoms with E-state index in [1.54, 1.807) is 24.5 Å². The maximum absolute atomic E-state index is 10.9. The summed E-state index contributed by atoms with van der Waals surface area (Å²) in [4.78, 5) is 10.5. The van der Waals surface area contributed by atoms with Crippen LogP contribution in [0, 0.1) is 10.1 Å². The summed E-state index contributed by atoms with van der Waals surface area (Å²) in [5.74, 6) is 1.70. The molecule has 2 heterocycles. The van der Waals surface area contributed by atoms with Crippen molar-refractivity contribution in [3.05, 3.63) is 58.5 Å². The molecule has 0 amide bonds. The molecule has 130 valence electrons. The lowest BCUT2D eigenvalue weighted by molar-refractivity contribution is -0.385. The van der Waals surface area contributed by atoms with E-state index in [9.17, 15) is 10.1 Å². The first-order chi connectivity index (χ1) is 12.2. The van der Waals surface area contributed by atoms with Crippen LogP contribution in [-0.4, -0.2) is 27.5 Å². The van der Waals surface area contributed by atoms with Crippen LogP contribution in [0.25, 0.3) is 0 Å². The van der Waals surface area contributed by atoms with Crippen LogP contribution in [0.1, 0.15) is 5.76 Å². The molecule has 3 rings (SSSR count). The van der Waals surface area contributed by atoms with Gasteiger partial charge in [-0.25, -0.2) is 0 Å². The average molecular weight is 378 g/mol. The van der Waals surface area contributed by atoms with E-state index in [2.05, 4.69) is 15.5 Å². The number of ether oxygens (including phenoxy) is 1. The van der Waals surface area contributed by atoms with Crippen molar-refractivity contribution in [2.75, 3.05) is 17.7 Å². The lowest BCUT2D eigenvalue weighted by Gasteiger charge is -2.05. The number of thioether (sulfide) groups is 1. The predicted molar refractivity (Wildman–Crippen MR) is 95.3 cm³/mol. The number of hydrogen-bond acceptors (Lipinski definition) is 9. The Morgan fingerprint density at radius 1 is 1.28 bits per heavy atom. The topological polar surface area (TPSA) is 103 Å². The Hall–Kier alpha value is -2.59. The second kappa shape index (κ2) is 8.49. The van der Waals surface area contributed by atoms with Crippen molar-refractivity contribution in [2.24, 2.45) is 0 Å². The Morgan fingerprint density at radius 2 is 2.16 bits per heavy atom. The number of rotatable bonds is 9. The summed E-state index contributed by atoms with van der Waals surface area (Å²) in [7, 11) is 0. The van der Waals surface area contributed by atoms with Gasteiger partial charge in [0.05, 0.1) is 24.3 Å².